The summed E-state index contributed by atoms with van der Waals surface area (Å²) in [6.45, 7) is 0.0592. The number of allylic oxidation sites excluding steroid dienone is 1. The monoisotopic (exact) mass is 464 g/mol. The highest BCUT2D eigenvalue weighted by Gasteiger charge is 2.31. The number of ether oxygens (including phenoxy) is 2. The van der Waals surface area contributed by atoms with E-state index < -0.39 is 16.6 Å². The van der Waals surface area contributed by atoms with Crippen molar-refractivity contribution in [3.8, 4) is 11.5 Å². The van der Waals surface area contributed by atoms with E-state index in [-0.39, 0.29) is 5.75 Å². The topological polar surface area (TPSA) is 59.1 Å². The number of piperazine rings is 1. The van der Waals surface area contributed by atoms with E-state index in [9.17, 15) is 17.2 Å². The molecule has 0 bridgehead atoms. The average molecular weight is 465 g/mol. The SMILES string of the molecule is COc1ccc(CN2CCN(S(=O)(=O)C3=Cc4ccc(OC(F)F)cc4CC3)CC2)cc1. The lowest BCUT2D eigenvalue weighted by molar-refractivity contribution is -0.0498. The first-order chi connectivity index (χ1) is 15.3. The van der Waals surface area contributed by atoms with Crippen LogP contribution in [0.1, 0.15) is 23.1 Å². The van der Waals surface area contributed by atoms with Gasteiger partial charge in [-0.2, -0.15) is 13.1 Å². The Kier molecular flexibility index (Phi) is 6.78. The Labute approximate surface area is 187 Å². The average Bonchev–Trinajstić information content (AvgIpc) is 2.79. The third-order valence-electron chi connectivity index (χ3n) is 5.86. The number of hydrogen-bond acceptors (Lipinski definition) is 5. The summed E-state index contributed by atoms with van der Waals surface area (Å²) in [5.41, 5.74) is 2.70. The van der Waals surface area contributed by atoms with Crippen LogP contribution in [-0.4, -0.2) is 57.5 Å². The molecule has 9 heteroatoms. The molecule has 4 rings (SSSR count). The van der Waals surface area contributed by atoms with Gasteiger partial charge in [-0.15, -0.1) is 0 Å². The lowest BCUT2D eigenvalue weighted by atomic mass is 9.97. The van der Waals surface area contributed by atoms with Crippen LogP contribution in [0.5, 0.6) is 11.5 Å². The number of rotatable bonds is 7. The molecule has 1 aliphatic carbocycles. The van der Waals surface area contributed by atoms with Crippen molar-refractivity contribution in [1.29, 1.82) is 0 Å². The van der Waals surface area contributed by atoms with Gasteiger partial charge in [0.25, 0.3) is 0 Å². The van der Waals surface area contributed by atoms with Crippen LogP contribution in [0.15, 0.2) is 47.4 Å². The highest BCUT2D eigenvalue weighted by atomic mass is 32.2. The number of benzene rings is 2. The summed E-state index contributed by atoms with van der Waals surface area (Å²) in [7, 11) is -1.93. The smallest absolute Gasteiger partial charge is 0.387 e. The molecule has 1 aliphatic heterocycles. The standard InChI is InChI=1S/C23H26F2N2O4S/c1-30-20-6-2-17(3-7-20)16-26-10-12-27(13-11-26)32(28,29)22-9-5-18-14-21(31-23(24)25)8-4-19(18)15-22/h2-4,6-8,14-15,23H,5,9-13,16H2,1H3. The Hall–Kier alpha value is -2.49. The number of alkyl halides is 2. The second-order valence-corrected chi connectivity index (χ2v) is 9.87. The summed E-state index contributed by atoms with van der Waals surface area (Å²) < 4.78 is 62.4. The van der Waals surface area contributed by atoms with Gasteiger partial charge in [0.1, 0.15) is 11.5 Å². The van der Waals surface area contributed by atoms with Gasteiger partial charge in [-0.3, -0.25) is 4.90 Å². The molecule has 0 saturated carbocycles. The zero-order valence-electron chi connectivity index (χ0n) is 17.8. The molecule has 0 aromatic heterocycles. The molecule has 2 aliphatic rings. The molecule has 1 saturated heterocycles. The molecular formula is C23H26F2N2O4S. The second-order valence-electron chi connectivity index (χ2n) is 7.88. The fourth-order valence-electron chi connectivity index (χ4n) is 4.11. The van der Waals surface area contributed by atoms with Gasteiger partial charge in [-0.05, 0) is 59.9 Å². The third kappa shape index (κ3) is 5.11. The Balaban J connectivity index is 1.39. The predicted molar refractivity (Wildman–Crippen MR) is 118 cm³/mol. The van der Waals surface area contributed by atoms with Crippen molar-refractivity contribution in [2.75, 3.05) is 33.3 Å². The van der Waals surface area contributed by atoms with Crippen molar-refractivity contribution in [2.24, 2.45) is 0 Å². The summed E-state index contributed by atoms with van der Waals surface area (Å²) in [6, 6.07) is 12.5. The van der Waals surface area contributed by atoms with Crippen LogP contribution < -0.4 is 9.47 Å². The Bertz CT molecular complexity index is 1080. The second kappa shape index (κ2) is 9.56. The van der Waals surface area contributed by atoms with Crippen LogP contribution in [0, 0.1) is 0 Å². The molecule has 0 atom stereocenters. The first kappa shape index (κ1) is 22.7. The van der Waals surface area contributed by atoms with E-state index in [4.69, 9.17) is 4.74 Å². The quantitative estimate of drug-likeness (QED) is 0.625. The molecule has 2 aromatic rings. The number of halogens is 2. The number of nitrogens with zero attached hydrogens (tertiary/aromatic N) is 2. The third-order valence-corrected chi connectivity index (χ3v) is 7.89. The van der Waals surface area contributed by atoms with E-state index in [0.717, 1.165) is 29.0 Å². The summed E-state index contributed by atoms with van der Waals surface area (Å²) >= 11 is 0. The zero-order chi connectivity index (χ0) is 22.7. The fourth-order valence-corrected chi connectivity index (χ4v) is 5.72. The molecule has 32 heavy (non-hydrogen) atoms. The van der Waals surface area contributed by atoms with Crippen molar-refractivity contribution in [2.45, 2.75) is 26.0 Å². The van der Waals surface area contributed by atoms with Crippen LogP contribution in [0.4, 0.5) is 8.78 Å². The van der Waals surface area contributed by atoms with Gasteiger partial charge in [0.15, 0.2) is 0 Å². The maximum absolute atomic E-state index is 13.2. The van der Waals surface area contributed by atoms with Gasteiger partial charge in [0.05, 0.1) is 12.0 Å². The van der Waals surface area contributed by atoms with Gasteiger partial charge >= 0.3 is 6.61 Å². The molecule has 0 radical (unpaired) electrons. The summed E-state index contributed by atoms with van der Waals surface area (Å²) in [5, 5.41) is 0. The van der Waals surface area contributed by atoms with E-state index in [0.29, 0.717) is 43.9 Å². The number of aryl methyl sites for hydroxylation is 1. The molecule has 0 N–H and O–H groups in total. The number of sulfonamides is 1. The minimum atomic E-state index is -3.56. The van der Waals surface area contributed by atoms with Crippen LogP contribution in [0.25, 0.3) is 6.08 Å². The minimum absolute atomic E-state index is 0.0893. The largest absolute Gasteiger partial charge is 0.497 e. The van der Waals surface area contributed by atoms with Crippen molar-refractivity contribution in [3.05, 3.63) is 64.1 Å². The van der Waals surface area contributed by atoms with E-state index in [1.807, 2.05) is 24.3 Å². The van der Waals surface area contributed by atoms with Gasteiger partial charge < -0.3 is 9.47 Å². The van der Waals surface area contributed by atoms with Crippen molar-refractivity contribution in [3.63, 3.8) is 0 Å². The number of fused-ring (bicyclic) bond motifs is 1. The molecule has 172 valence electrons. The van der Waals surface area contributed by atoms with Crippen LogP contribution >= 0.6 is 0 Å². The molecule has 6 nitrogen and oxygen atoms in total. The summed E-state index contributed by atoms with van der Waals surface area (Å²) in [5.74, 6) is 0.899. The molecular weight excluding hydrogens is 438 g/mol. The van der Waals surface area contributed by atoms with Gasteiger partial charge in [-0.25, -0.2) is 8.42 Å². The van der Waals surface area contributed by atoms with Crippen LogP contribution in [0.2, 0.25) is 0 Å². The fraction of sp³-hybridized carbons (Fsp3) is 0.391. The predicted octanol–water partition coefficient (Wildman–Crippen LogP) is 3.73. The van der Waals surface area contributed by atoms with Crippen LogP contribution in [-0.2, 0) is 23.0 Å². The van der Waals surface area contributed by atoms with Gasteiger partial charge in [0.2, 0.25) is 10.0 Å². The van der Waals surface area contributed by atoms with Gasteiger partial charge in [-0.1, -0.05) is 18.2 Å². The van der Waals surface area contributed by atoms with E-state index in [2.05, 4.69) is 9.64 Å². The molecule has 0 spiro atoms. The number of methoxy groups -OCH3 is 1. The van der Waals surface area contributed by atoms with Crippen LogP contribution in [0.3, 0.4) is 0 Å². The summed E-state index contributed by atoms with van der Waals surface area (Å²) in [4.78, 5) is 2.61. The van der Waals surface area contributed by atoms with Crippen molar-refractivity contribution >= 4 is 16.1 Å². The lowest BCUT2D eigenvalue weighted by Gasteiger charge is -2.35. The first-order valence-corrected chi connectivity index (χ1v) is 11.9. The Morgan fingerprint density at radius 3 is 2.31 bits per heavy atom. The van der Waals surface area contributed by atoms with Crippen molar-refractivity contribution in [1.82, 2.24) is 9.21 Å². The highest BCUT2D eigenvalue weighted by Crippen LogP contribution is 2.32. The molecule has 1 fully saturated rings. The maximum atomic E-state index is 13.2. The van der Waals surface area contributed by atoms with E-state index in [1.165, 1.54) is 6.07 Å². The Morgan fingerprint density at radius 2 is 1.66 bits per heavy atom. The molecule has 0 amide bonds. The van der Waals surface area contributed by atoms with E-state index >= 15 is 0 Å². The Morgan fingerprint density at radius 1 is 0.969 bits per heavy atom. The normalized spacial score (nSPS) is 17.7. The first-order valence-electron chi connectivity index (χ1n) is 10.5. The molecule has 2 aromatic carbocycles. The highest BCUT2D eigenvalue weighted by molar-refractivity contribution is 7.93. The molecule has 0 unspecified atom stereocenters. The molecule has 1 heterocycles. The van der Waals surface area contributed by atoms with Crippen molar-refractivity contribution < 1.29 is 26.7 Å². The van der Waals surface area contributed by atoms with Gasteiger partial charge in [0, 0.05) is 32.7 Å². The lowest BCUT2D eigenvalue weighted by Crippen LogP contribution is -2.48. The summed E-state index contributed by atoms with van der Waals surface area (Å²) in [6.07, 6.45) is 2.47. The number of hydrogen-bond donors (Lipinski definition) is 0. The van der Waals surface area contributed by atoms with E-state index in [1.54, 1.807) is 29.6 Å². The maximum Gasteiger partial charge on any atom is 0.387 e. The zero-order valence-corrected chi connectivity index (χ0v) is 18.7. The minimum Gasteiger partial charge on any atom is -0.497 e.